The van der Waals surface area contributed by atoms with E-state index in [-0.39, 0.29) is 17.3 Å². The molecule has 1 aromatic carbocycles. The van der Waals surface area contributed by atoms with Gasteiger partial charge in [0, 0.05) is 0 Å². The Kier molecular flexibility index (Phi) is 3.01. The number of para-hydroxylation sites is 1. The lowest BCUT2D eigenvalue weighted by molar-refractivity contribution is 0.234. The summed E-state index contributed by atoms with van der Waals surface area (Å²) in [5.41, 5.74) is 9.24. The SMILES string of the molecule is Cc1ccccc1N=C(NO)c1nonc1N. The molecule has 0 spiro atoms. The third-order valence-electron chi connectivity index (χ3n) is 2.19. The van der Waals surface area contributed by atoms with Crippen LogP contribution in [0.3, 0.4) is 0 Å². The Labute approximate surface area is 96.9 Å². The van der Waals surface area contributed by atoms with E-state index in [1.54, 1.807) is 6.07 Å². The lowest BCUT2D eigenvalue weighted by atomic mass is 10.2. The van der Waals surface area contributed by atoms with Crippen LogP contribution in [0.1, 0.15) is 11.3 Å². The Morgan fingerprint density at radius 2 is 2.18 bits per heavy atom. The van der Waals surface area contributed by atoms with Gasteiger partial charge in [-0.3, -0.25) is 10.7 Å². The number of nitrogen functional groups attached to an aromatic ring is 1. The second-order valence-corrected chi connectivity index (χ2v) is 3.36. The Balaban J connectivity index is 2.44. The van der Waals surface area contributed by atoms with Crippen LogP contribution in [0.5, 0.6) is 0 Å². The van der Waals surface area contributed by atoms with E-state index in [4.69, 9.17) is 10.9 Å². The molecule has 0 aliphatic rings. The molecule has 2 rings (SSSR count). The van der Waals surface area contributed by atoms with Crippen LogP contribution in [0.15, 0.2) is 33.9 Å². The zero-order valence-electron chi connectivity index (χ0n) is 9.08. The van der Waals surface area contributed by atoms with Gasteiger partial charge < -0.3 is 5.73 Å². The fourth-order valence-electron chi connectivity index (χ4n) is 1.30. The van der Waals surface area contributed by atoms with Gasteiger partial charge in [-0.25, -0.2) is 9.62 Å². The molecule has 7 heteroatoms. The number of amidine groups is 1. The molecule has 0 amide bonds. The van der Waals surface area contributed by atoms with Crippen LogP contribution in [-0.2, 0) is 0 Å². The predicted molar refractivity (Wildman–Crippen MR) is 61.0 cm³/mol. The molecule has 0 aliphatic heterocycles. The Morgan fingerprint density at radius 3 is 2.76 bits per heavy atom. The molecule has 1 aromatic heterocycles. The van der Waals surface area contributed by atoms with Crippen molar-refractivity contribution in [2.75, 3.05) is 5.73 Å². The van der Waals surface area contributed by atoms with Crippen LogP contribution in [0, 0.1) is 6.92 Å². The van der Waals surface area contributed by atoms with Crippen molar-refractivity contribution in [2.45, 2.75) is 6.92 Å². The second kappa shape index (κ2) is 4.62. The van der Waals surface area contributed by atoms with Gasteiger partial charge in [0.05, 0.1) is 5.69 Å². The van der Waals surface area contributed by atoms with Crippen molar-refractivity contribution in [3.8, 4) is 0 Å². The first-order valence-corrected chi connectivity index (χ1v) is 4.85. The second-order valence-electron chi connectivity index (χ2n) is 3.36. The van der Waals surface area contributed by atoms with Gasteiger partial charge in [-0.1, -0.05) is 18.2 Å². The maximum absolute atomic E-state index is 9.03. The van der Waals surface area contributed by atoms with Gasteiger partial charge in [0.1, 0.15) is 0 Å². The molecule has 0 unspecified atom stereocenters. The molecular formula is C10H11N5O2. The van der Waals surface area contributed by atoms with E-state index < -0.39 is 0 Å². The number of aromatic nitrogens is 2. The quantitative estimate of drug-likeness (QED) is 0.406. The van der Waals surface area contributed by atoms with Crippen LogP contribution >= 0.6 is 0 Å². The fourth-order valence-corrected chi connectivity index (χ4v) is 1.30. The number of hydroxylamine groups is 1. The molecule has 4 N–H and O–H groups in total. The number of nitrogens with two attached hydrogens (primary N) is 1. The van der Waals surface area contributed by atoms with Crippen molar-refractivity contribution in [2.24, 2.45) is 4.99 Å². The summed E-state index contributed by atoms with van der Waals surface area (Å²) >= 11 is 0. The number of benzene rings is 1. The number of nitrogens with one attached hydrogen (secondary N) is 1. The van der Waals surface area contributed by atoms with Crippen molar-refractivity contribution in [3.05, 3.63) is 35.5 Å². The number of aliphatic imine (C=N–C) groups is 1. The highest BCUT2D eigenvalue weighted by molar-refractivity contribution is 6.01. The third-order valence-corrected chi connectivity index (χ3v) is 2.19. The smallest absolute Gasteiger partial charge is 0.199 e. The average Bonchev–Trinajstić information content (AvgIpc) is 2.75. The lowest BCUT2D eigenvalue weighted by Gasteiger charge is -2.03. The molecule has 0 bridgehead atoms. The van der Waals surface area contributed by atoms with Crippen LogP contribution in [0.2, 0.25) is 0 Å². The Bertz CT molecular complexity index is 549. The van der Waals surface area contributed by atoms with Crippen molar-refractivity contribution < 1.29 is 9.84 Å². The number of hydrogen-bond acceptors (Lipinski definition) is 6. The Hall–Kier alpha value is -2.41. The molecule has 2 aromatic rings. The highest BCUT2D eigenvalue weighted by atomic mass is 16.6. The highest BCUT2D eigenvalue weighted by Crippen LogP contribution is 2.18. The molecule has 0 fully saturated rings. The summed E-state index contributed by atoms with van der Waals surface area (Å²) in [5, 5.41) is 16.0. The highest BCUT2D eigenvalue weighted by Gasteiger charge is 2.13. The van der Waals surface area contributed by atoms with Crippen molar-refractivity contribution in [3.63, 3.8) is 0 Å². The minimum absolute atomic E-state index is 0.0545. The van der Waals surface area contributed by atoms with E-state index in [0.717, 1.165) is 5.56 Å². The molecule has 0 atom stereocenters. The maximum Gasteiger partial charge on any atom is 0.199 e. The molecule has 0 aliphatic carbocycles. The number of aryl methyl sites for hydroxylation is 1. The minimum Gasteiger partial charge on any atom is -0.379 e. The zero-order chi connectivity index (χ0) is 12.3. The van der Waals surface area contributed by atoms with Crippen molar-refractivity contribution in [1.29, 1.82) is 0 Å². The molecule has 7 nitrogen and oxygen atoms in total. The zero-order valence-corrected chi connectivity index (χ0v) is 9.08. The lowest BCUT2D eigenvalue weighted by Crippen LogP contribution is -2.21. The van der Waals surface area contributed by atoms with E-state index in [2.05, 4.69) is 19.9 Å². The van der Waals surface area contributed by atoms with E-state index in [0.29, 0.717) is 5.69 Å². The van der Waals surface area contributed by atoms with Gasteiger partial charge in [0.25, 0.3) is 0 Å². The van der Waals surface area contributed by atoms with Crippen molar-refractivity contribution >= 4 is 17.3 Å². The van der Waals surface area contributed by atoms with Gasteiger partial charge in [0.15, 0.2) is 17.3 Å². The van der Waals surface area contributed by atoms with Gasteiger partial charge in [-0.2, -0.15) is 0 Å². The molecule has 0 radical (unpaired) electrons. The van der Waals surface area contributed by atoms with E-state index >= 15 is 0 Å². The first-order chi connectivity index (χ1) is 8.22. The largest absolute Gasteiger partial charge is 0.379 e. The molecule has 17 heavy (non-hydrogen) atoms. The minimum atomic E-state index is 0.0545. The molecule has 0 saturated heterocycles. The standard InChI is InChI=1S/C10H11N5O2/c1-6-4-2-3-5-7(6)12-10(13-16)8-9(11)15-17-14-8/h2-5,16H,1H3,(H2,11,15)(H,12,13). The first-order valence-electron chi connectivity index (χ1n) is 4.85. The number of rotatable bonds is 2. The number of hydrogen-bond donors (Lipinski definition) is 3. The van der Waals surface area contributed by atoms with Crippen LogP contribution in [-0.4, -0.2) is 21.4 Å². The topological polar surface area (TPSA) is 110 Å². The third kappa shape index (κ3) is 2.23. The molecular weight excluding hydrogens is 222 g/mol. The van der Waals surface area contributed by atoms with Gasteiger partial charge in [-0.15, -0.1) is 0 Å². The van der Waals surface area contributed by atoms with Crippen LogP contribution in [0.25, 0.3) is 0 Å². The fraction of sp³-hybridized carbons (Fsp3) is 0.100. The monoisotopic (exact) mass is 233 g/mol. The maximum atomic E-state index is 9.03. The van der Waals surface area contributed by atoms with E-state index in [1.165, 1.54) is 0 Å². The predicted octanol–water partition coefficient (Wildman–Crippen LogP) is 1.02. The summed E-state index contributed by atoms with van der Waals surface area (Å²) in [6.07, 6.45) is 0. The van der Waals surface area contributed by atoms with Gasteiger partial charge in [0.2, 0.25) is 0 Å². The van der Waals surface area contributed by atoms with Crippen LogP contribution in [0.4, 0.5) is 11.5 Å². The summed E-state index contributed by atoms with van der Waals surface area (Å²) in [7, 11) is 0. The summed E-state index contributed by atoms with van der Waals surface area (Å²) in [6, 6.07) is 7.44. The van der Waals surface area contributed by atoms with E-state index in [9.17, 15) is 0 Å². The van der Waals surface area contributed by atoms with Gasteiger partial charge >= 0.3 is 0 Å². The average molecular weight is 233 g/mol. The summed E-state index contributed by atoms with van der Waals surface area (Å²) < 4.78 is 4.44. The first kappa shape index (κ1) is 11.1. The molecule has 0 saturated carbocycles. The summed E-state index contributed by atoms with van der Waals surface area (Å²) in [4.78, 5) is 4.19. The Morgan fingerprint density at radius 1 is 1.41 bits per heavy atom. The van der Waals surface area contributed by atoms with Crippen molar-refractivity contribution in [1.82, 2.24) is 15.8 Å². The van der Waals surface area contributed by atoms with Gasteiger partial charge in [-0.05, 0) is 28.9 Å². The number of anilines is 1. The number of nitrogens with zero attached hydrogens (tertiary/aromatic N) is 3. The summed E-state index contributed by atoms with van der Waals surface area (Å²) in [5.74, 6) is 0.136. The van der Waals surface area contributed by atoms with Crippen LogP contribution < -0.4 is 11.2 Å². The normalized spacial score (nSPS) is 11.5. The van der Waals surface area contributed by atoms with E-state index in [1.807, 2.05) is 30.6 Å². The molecule has 88 valence electrons. The molecule has 1 heterocycles. The summed E-state index contributed by atoms with van der Waals surface area (Å²) in [6.45, 7) is 1.90.